The van der Waals surface area contributed by atoms with Gasteiger partial charge < -0.3 is 14.2 Å². The van der Waals surface area contributed by atoms with Gasteiger partial charge in [0, 0.05) is 50.5 Å². The molecule has 3 aromatic heterocycles. The van der Waals surface area contributed by atoms with Crippen molar-refractivity contribution in [3.63, 3.8) is 0 Å². The quantitative estimate of drug-likeness (QED) is 0.211. The van der Waals surface area contributed by atoms with Crippen molar-refractivity contribution in [2.24, 2.45) is 0 Å². The van der Waals surface area contributed by atoms with E-state index in [0.717, 1.165) is 72.2 Å². The molecule has 1 aliphatic rings. The molecule has 0 bridgehead atoms. The second-order valence-electron chi connectivity index (χ2n) is 12.0. The maximum absolute atomic E-state index is 6.63. The largest absolute Gasteiger partial charge is 0.456 e. The molecular weight excluding hydrogens is 592 g/mol. The molecule has 0 unspecified atom stereocenters. The van der Waals surface area contributed by atoms with Crippen molar-refractivity contribution in [1.29, 1.82) is 0 Å². The van der Waals surface area contributed by atoms with E-state index in [0.29, 0.717) is 24.0 Å². The Labute approximate surface area is 275 Å². The van der Waals surface area contributed by atoms with Crippen LogP contribution in [0.1, 0.15) is 5.56 Å². The summed E-state index contributed by atoms with van der Waals surface area (Å²) >= 11 is 0. The van der Waals surface area contributed by atoms with Crippen molar-refractivity contribution < 1.29 is 8.83 Å². The molecule has 0 saturated heterocycles. The molecular formula is C42H26N4O2. The Kier molecular flexibility index (Phi) is 5.84. The van der Waals surface area contributed by atoms with Crippen molar-refractivity contribution in [2.45, 2.75) is 0 Å². The first-order chi connectivity index (χ1) is 23.8. The van der Waals surface area contributed by atoms with Gasteiger partial charge in [0.2, 0.25) is 5.88 Å². The molecule has 48 heavy (non-hydrogen) atoms. The molecule has 0 amide bonds. The minimum atomic E-state index is 0.571. The molecule has 0 radical (unpaired) electrons. The van der Waals surface area contributed by atoms with Crippen molar-refractivity contribution in [1.82, 2.24) is 15.0 Å². The molecule has 4 heterocycles. The van der Waals surface area contributed by atoms with E-state index in [2.05, 4.69) is 84.2 Å². The van der Waals surface area contributed by atoms with E-state index in [9.17, 15) is 0 Å². The van der Waals surface area contributed by atoms with E-state index >= 15 is 0 Å². The molecule has 0 fully saturated rings. The number of para-hydroxylation sites is 1. The van der Waals surface area contributed by atoms with Gasteiger partial charge in [0.1, 0.15) is 16.7 Å². The first-order valence-corrected chi connectivity index (χ1v) is 16.0. The Morgan fingerprint density at radius 3 is 2.15 bits per heavy atom. The highest BCUT2D eigenvalue weighted by molar-refractivity contribution is 6.12. The Bertz CT molecular complexity index is 2740. The Balaban J connectivity index is 1.25. The zero-order valence-corrected chi connectivity index (χ0v) is 25.6. The van der Waals surface area contributed by atoms with Crippen LogP contribution in [-0.4, -0.2) is 21.5 Å². The molecule has 226 valence electrons. The number of aromatic nitrogens is 3. The van der Waals surface area contributed by atoms with Gasteiger partial charge in [-0.25, -0.2) is 15.0 Å². The number of nitrogens with zero attached hydrogens (tertiary/aromatic N) is 3. The lowest BCUT2D eigenvalue weighted by atomic mass is 9.95. The number of hydrogen-bond donors (Lipinski definition) is 1. The summed E-state index contributed by atoms with van der Waals surface area (Å²) < 4.78 is 12.9. The van der Waals surface area contributed by atoms with Crippen molar-refractivity contribution in [3.8, 4) is 45.3 Å². The monoisotopic (exact) mass is 618 g/mol. The van der Waals surface area contributed by atoms with E-state index in [1.807, 2.05) is 60.7 Å². The van der Waals surface area contributed by atoms with E-state index in [1.54, 1.807) is 0 Å². The first kappa shape index (κ1) is 26.7. The van der Waals surface area contributed by atoms with E-state index in [4.69, 9.17) is 23.8 Å². The number of anilines is 1. The van der Waals surface area contributed by atoms with E-state index in [1.165, 1.54) is 10.8 Å². The van der Waals surface area contributed by atoms with Crippen LogP contribution in [0.2, 0.25) is 0 Å². The molecule has 1 aliphatic heterocycles. The zero-order valence-electron chi connectivity index (χ0n) is 25.6. The summed E-state index contributed by atoms with van der Waals surface area (Å²) in [6.45, 7) is 0.699. The molecule has 6 heteroatoms. The second-order valence-corrected chi connectivity index (χ2v) is 12.0. The van der Waals surface area contributed by atoms with Crippen molar-refractivity contribution in [2.75, 3.05) is 11.9 Å². The van der Waals surface area contributed by atoms with E-state index < -0.39 is 0 Å². The summed E-state index contributed by atoms with van der Waals surface area (Å²) in [6, 6.07) is 43.4. The van der Waals surface area contributed by atoms with Gasteiger partial charge in [-0.15, -0.1) is 0 Å². The molecule has 0 atom stereocenters. The van der Waals surface area contributed by atoms with Gasteiger partial charge >= 0.3 is 0 Å². The molecule has 10 rings (SSSR count). The fourth-order valence-electron chi connectivity index (χ4n) is 6.91. The number of rotatable bonds is 4. The van der Waals surface area contributed by atoms with Crippen LogP contribution in [0.5, 0.6) is 0 Å². The molecule has 0 aliphatic carbocycles. The van der Waals surface area contributed by atoms with Crippen LogP contribution < -0.4 is 5.32 Å². The fourth-order valence-corrected chi connectivity index (χ4v) is 6.91. The normalized spacial score (nSPS) is 12.6. The minimum Gasteiger partial charge on any atom is -0.456 e. The number of hydrogen-bond acceptors (Lipinski definition) is 6. The molecule has 0 saturated carbocycles. The highest BCUT2D eigenvalue weighted by atomic mass is 16.4. The first-order valence-electron chi connectivity index (χ1n) is 16.0. The Morgan fingerprint density at radius 1 is 0.521 bits per heavy atom. The lowest BCUT2D eigenvalue weighted by Crippen LogP contribution is -2.02. The second kappa shape index (κ2) is 10.5. The number of nitrogens with one attached hydrogen (secondary N) is 1. The third-order valence-electron chi connectivity index (χ3n) is 9.15. The predicted molar refractivity (Wildman–Crippen MR) is 194 cm³/mol. The topological polar surface area (TPSA) is 77.0 Å². The SMILES string of the molecule is C1=Cc2c(oc3c(-c4ccc5ccccc5c4)ccc(-c4nc(-c5ccccc5)nc(-c5cccc6oc7ccccc7c56)n4)c23)NC1. The number of furan rings is 2. The van der Waals surface area contributed by atoms with Crippen LogP contribution in [0.3, 0.4) is 0 Å². The fraction of sp³-hybridized carbons (Fsp3) is 0.0238. The van der Waals surface area contributed by atoms with Gasteiger partial charge in [-0.3, -0.25) is 0 Å². The maximum atomic E-state index is 6.63. The van der Waals surface area contributed by atoms with Crippen molar-refractivity contribution in [3.05, 3.63) is 139 Å². The van der Waals surface area contributed by atoms with Crippen LogP contribution in [0.15, 0.2) is 142 Å². The summed E-state index contributed by atoms with van der Waals surface area (Å²) in [5.41, 5.74) is 8.16. The Hall–Kier alpha value is -6.53. The minimum absolute atomic E-state index is 0.571. The van der Waals surface area contributed by atoms with Gasteiger partial charge in [-0.05, 0) is 46.7 Å². The lowest BCUT2D eigenvalue weighted by molar-refractivity contribution is 0.629. The average Bonchev–Trinajstić information content (AvgIpc) is 3.74. The third-order valence-corrected chi connectivity index (χ3v) is 9.15. The smallest absolute Gasteiger partial charge is 0.201 e. The standard InChI is InChI=1S/C42H26N4O2/c1-2-11-26(12-3-1)39-44-40(31-15-8-18-35-36(31)30-14-6-7-17-34(30)47-35)46-41(45-39)32-22-21-29(28-20-19-25-10-4-5-13-27(25)24-28)38-37(32)33-16-9-23-43-42(33)48-38/h1-22,24,43H,23H2. The van der Waals surface area contributed by atoms with Crippen LogP contribution in [0.4, 0.5) is 5.88 Å². The molecule has 0 spiro atoms. The molecule has 6 aromatic carbocycles. The maximum Gasteiger partial charge on any atom is 0.201 e. The Morgan fingerprint density at radius 2 is 1.25 bits per heavy atom. The van der Waals surface area contributed by atoms with Crippen LogP contribution in [-0.2, 0) is 0 Å². The molecule has 6 nitrogen and oxygen atoms in total. The predicted octanol–water partition coefficient (Wildman–Crippen LogP) is 10.8. The van der Waals surface area contributed by atoms with Crippen LogP contribution in [0, 0.1) is 0 Å². The summed E-state index contributed by atoms with van der Waals surface area (Å²) in [7, 11) is 0. The zero-order chi connectivity index (χ0) is 31.6. The summed E-state index contributed by atoms with van der Waals surface area (Å²) in [4.78, 5) is 15.4. The van der Waals surface area contributed by atoms with Gasteiger partial charge in [0.25, 0.3) is 0 Å². The third kappa shape index (κ3) is 4.16. The van der Waals surface area contributed by atoms with Crippen molar-refractivity contribution >= 4 is 55.6 Å². The highest BCUT2D eigenvalue weighted by Gasteiger charge is 2.24. The summed E-state index contributed by atoms with van der Waals surface area (Å²) in [5.74, 6) is 2.49. The summed E-state index contributed by atoms with van der Waals surface area (Å²) in [5, 5.41) is 8.77. The highest BCUT2D eigenvalue weighted by Crippen LogP contribution is 2.44. The number of benzene rings is 6. The van der Waals surface area contributed by atoms with E-state index in [-0.39, 0.29) is 0 Å². The molecule has 1 N–H and O–H groups in total. The van der Waals surface area contributed by atoms with Gasteiger partial charge in [-0.1, -0.05) is 109 Å². The summed E-state index contributed by atoms with van der Waals surface area (Å²) in [6.07, 6.45) is 4.24. The number of fused-ring (bicyclic) bond motifs is 7. The lowest BCUT2D eigenvalue weighted by Gasteiger charge is -2.12. The van der Waals surface area contributed by atoms with Crippen LogP contribution in [0.25, 0.3) is 95.0 Å². The van der Waals surface area contributed by atoms with Gasteiger partial charge in [0.15, 0.2) is 17.5 Å². The molecule has 9 aromatic rings. The van der Waals surface area contributed by atoms with Gasteiger partial charge in [0.05, 0.1) is 0 Å². The van der Waals surface area contributed by atoms with Gasteiger partial charge in [-0.2, -0.15) is 0 Å². The van der Waals surface area contributed by atoms with Crippen LogP contribution >= 0.6 is 0 Å². The average molecular weight is 619 g/mol.